The number of urea groups is 1. The number of benzene rings is 2. The van der Waals surface area contributed by atoms with Crippen molar-refractivity contribution in [1.82, 2.24) is 15.4 Å². The maximum absolute atomic E-state index is 12.4. The fourth-order valence-corrected chi connectivity index (χ4v) is 3.78. The van der Waals surface area contributed by atoms with Gasteiger partial charge in [-0.15, -0.1) is 0 Å². The number of likely N-dealkylation sites (tertiary alicyclic amines) is 1. The number of aryl methyl sites for hydroxylation is 1. The monoisotopic (exact) mass is 349 g/mol. The SMILES string of the molecule is Cc1cc(CNC(=O)N2CCC(c3cccc4ccccc34)CC2)no1. The van der Waals surface area contributed by atoms with E-state index >= 15 is 0 Å². The summed E-state index contributed by atoms with van der Waals surface area (Å²) in [5.74, 6) is 1.26. The Labute approximate surface area is 153 Å². The van der Waals surface area contributed by atoms with Gasteiger partial charge in [-0.3, -0.25) is 0 Å². The van der Waals surface area contributed by atoms with Crippen LogP contribution in [0.1, 0.15) is 35.8 Å². The van der Waals surface area contributed by atoms with Crippen LogP contribution < -0.4 is 5.32 Å². The van der Waals surface area contributed by atoms with Crippen LogP contribution in [0, 0.1) is 6.92 Å². The summed E-state index contributed by atoms with van der Waals surface area (Å²) in [6.07, 6.45) is 1.98. The van der Waals surface area contributed by atoms with Crippen molar-refractivity contribution in [2.75, 3.05) is 13.1 Å². The summed E-state index contributed by atoms with van der Waals surface area (Å²) in [5, 5.41) is 9.45. The maximum Gasteiger partial charge on any atom is 0.317 e. The summed E-state index contributed by atoms with van der Waals surface area (Å²) in [4.78, 5) is 14.3. The molecule has 0 unspecified atom stereocenters. The van der Waals surface area contributed by atoms with E-state index in [1.165, 1.54) is 16.3 Å². The Morgan fingerprint density at radius 3 is 2.73 bits per heavy atom. The third-order valence-electron chi connectivity index (χ3n) is 5.14. The molecule has 0 radical (unpaired) electrons. The number of nitrogens with one attached hydrogen (secondary N) is 1. The molecule has 4 rings (SSSR count). The second-order valence-electron chi connectivity index (χ2n) is 6.92. The van der Waals surface area contributed by atoms with Gasteiger partial charge >= 0.3 is 6.03 Å². The zero-order valence-electron chi connectivity index (χ0n) is 14.9. The molecular weight excluding hydrogens is 326 g/mol. The van der Waals surface area contributed by atoms with Gasteiger partial charge < -0.3 is 14.7 Å². The van der Waals surface area contributed by atoms with Crippen LogP contribution in [0.2, 0.25) is 0 Å². The van der Waals surface area contributed by atoms with Crippen LogP contribution in [0.4, 0.5) is 4.79 Å². The first kappa shape index (κ1) is 16.6. The van der Waals surface area contributed by atoms with Crippen LogP contribution in [0.5, 0.6) is 0 Å². The third kappa shape index (κ3) is 3.43. The maximum atomic E-state index is 12.4. The van der Waals surface area contributed by atoms with E-state index in [0.717, 1.165) is 37.4 Å². The molecule has 134 valence electrons. The van der Waals surface area contributed by atoms with Crippen molar-refractivity contribution in [3.05, 3.63) is 65.5 Å². The summed E-state index contributed by atoms with van der Waals surface area (Å²) in [6, 6.07) is 16.9. The quantitative estimate of drug-likeness (QED) is 0.770. The highest BCUT2D eigenvalue weighted by molar-refractivity contribution is 5.86. The molecule has 1 fully saturated rings. The van der Waals surface area contributed by atoms with Gasteiger partial charge in [0, 0.05) is 19.2 Å². The van der Waals surface area contributed by atoms with Crippen molar-refractivity contribution < 1.29 is 9.32 Å². The molecule has 2 heterocycles. The molecule has 0 aliphatic carbocycles. The molecule has 2 amide bonds. The van der Waals surface area contributed by atoms with E-state index in [0.29, 0.717) is 12.5 Å². The van der Waals surface area contributed by atoms with Gasteiger partial charge in [0.2, 0.25) is 0 Å². The average Bonchev–Trinajstić information content (AvgIpc) is 3.11. The summed E-state index contributed by atoms with van der Waals surface area (Å²) in [7, 11) is 0. The molecule has 1 aliphatic heterocycles. The normalized spacial score (nSPS) is 15.3. The molecule has 0 atom stereocenters. The highest BCUT2D eigenvalue weighted by Gasteiger charge is 2.24. The lowest BCUT2D eigenvalue weighted by atomic mass is 9.86. The summed E-state index contributed by atoms with van der Waals surface area (Å²) < 4.78 is 5.03. The van der Waals surface area contributed by atoms with Gasteiger partial charge in [-0.05, 0) is 42.0 Å². The van der Waals surface area contributed by atoms with Crippen molar-refractivity contribution in [3.63, 3.8) is 0 Å². The highest BCUT2D eigenvalue weighted by atomic mass is 16.5. The molecule has 1 saturated heterocycles. The molecule has 26 heavy (non-hydrogen) atoms. The summed E-state index contributed by atoms with van der Waals surface area (Å²) in [6.45, 7) is 3.80. The number of fused-ring (bicyclic) bond motifs is 1. The van der Waals surface area contributed by atoms with Crippen LogP contribution in [-0.4, -0.2) is 29.2 Å². The molecule has 1 aliphatic rings. The molecule has 2 aromatic carbocycles. The fourth-order valence-electron chi connectivity index (χ4n) is 3.78. The summed E-state index contributed by atoms with van der Waals surface area (Å²) >= 11 is 0. The molecule has 1 aromatic heterocycles. The number of amides is 2. The summed E-state index contributed by atoms with van der Waals surface area (Å²) in [5.41, 5.74) is 2.16. The second kappa shape index (κ2) is 7.20. The number of carbonyl (C=O) groups excluding carboxylic acids is 1. The van der Waals surface area contributed by atoms with Crippen molar-refractivity contribution in [3.8, 4) is 0 Å². The number of hydrogen-bond acceptors (Lipinski definition) is 3. The van der Waals surface area contributed by atoms with E-state index in [1.54, 1.807) is 0 Å². The second-order valence-corrected chi connectivity index (χ2v) is 6.92. The van der Waals surface area contributed by atoms with Crippen LogP contribution in [0.15, 0.2) is 53.1 Å². The van der Waals surface area contributed by atoms with Gasteiger partial charge in [0.15, 0.2) is 0 Å². The Bertz CT molecular complexity index is 905. The largest absolute Gasteiger partial charge is 0.361 e. The number of carbonyl (C=O) groups is 1. The van der Waals surface area contributed by atoms with E-state index in [1.807, 2.05) is 17.9 Å². The van der Waals surface area contributed by atoms with Crippen LogP contribution in [0.25, 0.3) is 10.8 Å². The first-order chi connectivity index (χ1) is 12.7. The third-order valence-corrected chi connectivity index (χ3v) is 5.14. The Morgan fingerprint density at radius 2 is 1.96 bits per heavy atom. The lowest BCUT2D eigenvalue weighted by Gasteiger charge is -2.32. The molecular formula is C21H23N3O2. The lowest BCUT2D eigenvalue weighted by molar-refractivity contribution is 0.181. The van der Waals surface area contributed by atoms with Crippen molar-refractivity contribution in [2.45, 2.75) is 32.2 Å². The number of nitrogens with zero attached hydrogens (tertiary/aromatic N) is 2. The molecule has 0 spiro atoms. The Balaban J connectivity index is 1.37. The van der Waals surface area contributed by atoms with Crippen LogP contribution in [0.3, 0.4) is 0 Å². The van der Waals surface area contributed by atoms with E-state index in [-0.39, 0.29) is 6.03 Å². The first-order valence-electron chi connectivity index (χ1n) is 9.13. The minimum atomic E-state index is -0.0259. The van der Waals surface area contributed by atoms with Crippen molar-refractivity contribution >= 4 is 16.8 Å². The number of aromatic nitrogens is 1. The zero-order valence-corrected chi connectivity index (χ0v) is 14.9. The molecule has 5 heteroatoms. The van der Waals surface area contributed by atoms with Crippen molar-refractivity contribution in [2.24, 2.45) is 0 Å². The van der Waals surface area contributed by atoms with Gasteiger partial charge in [0.1, 0.15) is 11.5 Å². The number of rotatable bonds is 3. The van der Waals surface area contributed by atoms with E-state index in [9.17, 15) is 4.79 Å². The number of piperidine rings is 1. The van der Waals surface area contributed by atoms with Crippen molar-refractivity contribution in [1.29, 1.82) is 0 Å². The van der Waals surface area contributed by atoms with Gasteiger partial charge in [0.05, 0.1) is 6.54 Å². The minimum absolute atomic E-state index is 0.0259. The van der Waals surface area contributed by atoms with E-state index in [4.69, 9.17) is 4.52 Å². The molecule has 5 nitrogen and oxygen atoms in total. The Morgan fingerprint density at radius 1 is 1.19 bits per heavy atom. The minimum Gasteiger partial charge on any atom is -0.361 e. The van der Waals surface area contributed by atoms with Crippen LogP contribution >= 0.6 is 0 Å². The van der Waals surface area contributed by atoms with Gasteiger partial charge in [-0.1, -0.05) is 47.6 Å². The van der Waals surface area contributed by atoms with Gasteiger partial charge in [-0.25, -0.2) is 4.79 Å². The number of hydrogen-bond donors (Lipinski definition) is 1. The average molecular weight is 349 g/mol. The molecule has 1 N–H and O–H groups in total. The van der Waals surface area contributed by atoms with E-state index in [2.05, 4.69) is 52.9 Å². The predicted molar refractivity (Wildman–Crippen MR) is 101 cm³/mol. The topological polar surface area (TPSA) is 58.4 Å². The molecule has 0 bridgehead atoms. The fraction of sp³-hybridized carbons (Fsp3) is 0.333. The van der Waals surface area contributed by atoms with Gasteiger partial charge in [0.25, 0.3) is 0 Å². The smallest absolute Gasteiger partial charge is 0.317 e. The Kier molecular flexibility index (Phi) is 4.61. The first-order valence-corrected chi connectivity index (χ1v) is 9.13. The van der Waals surface area contributed by atoms with Gasteiger partial charge in [-0.2, -0.15) is 0 Å². The van der Waals surface area contributed by atoms with Crippen LogP contribution in [-0.2, 0) is 6.54 Å². The highest BCUT2D eigenvalue weighted by Crippen LogP contribution is 2.33. The van der Waals surface area contributed by atoms with E-state index < -0.39 is 0 Å². The Hall–Kier alpha value is -2.82. The molecule has 3 aromatic rings. The zero-order chi connectivity index (χ0) is 17.9. The predicted octanol–water partition coefficient (Wildman–Crippen LogP) is 4.23. The standard InChI is InChI=1S/C21H23N3O2/c1-15-13-18(23-26-15)14-22-21(25)24-11-9-17(10-12-24)20-8-4-6-16-5-2-3-7-19(16)20/h2-8,13,17H,9-12,14H2,1H3,(H,22,25). The lowest BCUT2D eigenvalue weighted by Crippen LogP contribution is -2.43. The molecule has 0 saturated carbocycles.